The van der Waals surface area contributed by atoms with Crippen LogP contribution in [0.15, 0.2) is 73.1 Å². The maximum atomic E-state index is 12.5. The average molecular weight is 750 g/mol. The Morgan fingerprint density at radius 3 is 1.65 bits per heavy atom. The van der Waals surface area contributed by atoms with Gasteiger partial charge in [0.2, 0.25) is 0 Å². The zero-order valence-electron chi connectivity index (χ0n) is 33.0. The summed E-state index contributed by atoms with van der Waals surface area (Å²) in [7, 11) is -4.30. The van der Waals surface area contributed by atoms with E-state index in [9.17, 15) is 14.3 Å². The van der Waals surface area contributed by atoms with E-state index in [1.807, 2.05) is 6.08 Å². The second-order valence-corrected chi connectivity index (χ2v) is 14.6. The van der Waals surface area contributed by atoms with Gasteiger partial charge >= 0.3 is 13.8 Å². The van der Waals surface area contributed by atoms with Gasteiger partial charge in [-0.2, -0.15) is 0 Å². The molecular formula is C43H76NO7P. The molecule has 0 bridgehead atoms. The molecule has 0 aromatic heterocycles. The molecule has 0 spiro atoms. The molecule has 0 aliphatic rings. The standard InChI is InChI=1S/C43H76NO7P/c1-3-5-7-9-11-13-15-17-19-21-22-24-26-28-30-32-34-36-43(45)51-42(41-50-52(46,47)49-39-37-44)40-48-38-35-33-31-29-27-25-23-20-18-16-14-12-10-8-6-4-2/h5,7,11,13,17-20,22,24,35,38,42H,3-4,6,8-10,12,14-16,21,23,25-34,36-37,39-41,44H2,1-2H3,(H,46,47)/t42-/m1/s1. The Kier molecular flexibility index (Phi) is 38.3. The van der Waals surface area contributed by atoms with E-state index in [1.165, 1.54) is 64.2 Å². The zero-order valence-corrected chi connectivity index (χ0v) is 33.9. The second kappa shape index (κ2) is 40.0. The summed E-state index contributed by atoms with van der Waals surface area (Å²) in [6.07, 6.45) is 50.1. The first-order chi connectivity index (χ1) is 25.4. The highest BCUT2D eigenvalue weighted by molar-refractivity contribution is 7.47. The van der Waals surface area contributed by atoms with E-state index < -0.39 is 13.9 Å². The first-order valence-electron chi connectivity index (χ1n) is 20.5. The van der Waals surface area contributed by atoms with Gasteiger partial charge in [0.15, 0.2) is 6.10 Å². The summed E-state index contributed by atoms with van der Waals surface area (Å²) < 4.78 is 33.1. The molecule has 0 aliphatic carbocycles. The fraction of sp³-hybridized carbons (Fsp3) is 0.698. The van der Waals surface area contributed by atoms with Crippen molar-refractivity contribution in [2.45, 2.75) is 168 Å². The molecule has 9 heteroatoms. The van der Waals surface area contributed by atoms with E-state index in [0.717, 1.165) is 77.0 Å². The van der Waals surface area contributed by atoms with Crippen LogP contribution in [0.2, 0.25) is 0 Å². The number of phosphoric ester groups is 1. The molecule has 0 heterocycles. The lowest BCUT2D eigenvalue weighted by Crippen LogP contribution is -2.27. The molecule has 3 N–H and O–H groups in total. The molecule has 0 aromatic carbocycles. The van der Waals surface area contributed by atoms with Crippen LogP contribution in [-0.4, -0.2) is 43.3 Å². The Hall–Kier alpha value is -2.22. The number of carbonyl (C=O) groups excluding carboxylic acids is 1. The fourth-order valence-electron chi connectivity index (χ4n) is 5.18. The van der Waals surface area contributed by atoms with Gasteiger partial charge in [0.05, 0.1) is 19.5 Å². The summed E-state index contributed by atoms with van der Waals surface area (Å²) in [6.45, 7) is 4.06. The van der Waals surface area contributed by atoms with Crippen LogP contribution in [0.5, 0.6) is 0 Å². The Morgan fingerprint density at radius 2 is 1.10 bits per heavy atom. The lowest BCUT2D eigenvalue weighted by atomic mass is 10.1. The number of ether oxygens (including phenoxy) is 2. The van der Waals surface area contributed by atoms with Crippen molar-refractivity contribution in [1.29, 1.82) is 0 Å². The fourth-order valence-corrected chi connectivity index (χ4v) is 5.95. The van der Waals surface area contributed by atoms with Crippen LogP contribution in [0.4, 0.5) is 0 Å². The predicted octanol–water partition coefficient (Wildman–Crippen LogP) is 12.3. The van der Waals surface area contributed by atoms with Gasteiger partial charge in [-0.25, -0.2) is 4.57 Å². The van der Waals surface area contributed by atoms with E-state index in [4.69, 9.17) is 24.3 Å². The summed E-state index contributed by atoms with van der Waals surface area (Å²) >= 11 is 0. The number of hydrogen-bond acceptors (Lipinski definition) is 7. The van der Waals surface area contributed by atoms with Gasteiger partial charge in [-0.05, 0) is 89.5 Å². The Labute approximate surface area is 318 Å². The summed E-state index contributed by atoms with van der Waals surface area (Å²) in [6, 6.07) is 0. The van der Waals surface area contributed by atoms with E-state index >= 15 is 0 Å². The van der Waals surface area contributed by atoms with Gasteiger partial charge in [-0.1, -0.05) is 132 Å². The number of nitrogens with two attached hydrogens (primary N) is 1. The van der Waals surface area contributed by atoms with Gasteiger partial charge < -0.3 is 20.1 Å². The van der Waals surface area contributed by atoms with Crippen LogP contribution in [0.25, 0.3) is 0 Å². The number of hydrogen-bond donors (Lipinski definition) is 2. The van der Waals surface area contributed by atoms with Crippen LogP contribution in [0.1, 0.15) is 162 Å². The lowest BCUT2D eigenvalue weighted by Gasteiger charge is -2.19. The maximum absolute atomic E-state index is 12.5. The molecule has 0 rings (SSSR count). The summed E-state index contributed by atoms with van der Waals surface area (Å²) in [5, 5.41) is 0. The number of esters is 1. The van der Waals surface area contributed by atoms with Crippen LogP contribution in [0, 0.1) is 0 Å². The molecule has 0 aromatic rings. The van der Waals surface area contributed by atoms with E-state index in [0.29, 0.717) is 0 Å². The normalized spacial score (nSPS) is 14.2. The van der Waals surface area contributed by atoms with Crippen LogP contribution in [-0.2, 0) is 27.9 Å². The molecule has 52 heavy (non-hydrogen) atoms. The van der Waals surface area contributed by atoms with Gasteiger partial charge in [0.1, 0.15) is 6.61 Å². The quantitative estimate of drug-likeness (QED) is 0.0211. The predicted molar refractivity (Wildman–Crippen MR) is 219 cm³/mol. The lowest BCUT2D eigenvalue weighted by molar-refractivity contribution is -0.153. The molecule has 1 unspecified atom stereocenters. The van der Waals surface area contributed by atoms with Crippen molar-refractivity contribution in [2.75, 3.05) is 26.4 Å². The van der Waals surface area contributed by atoms with Crippen molar-refractivity contribution in [3.05, 3.63) is 73.1 Å². The minimum absolute atomic E-state index is 0.0130. The second-order valence-electron chi connectivity index (χ2n) is 13.2. The summed E-state index contributed by atoms with van der Waals surface area (Å²) in [5.41, 5.74) is 5.35. The molecule has 0 aliphatic heterocycles. The van der Waals surface area contributed by atoms with Gasteiger partial charge in [0, 0.05) is 13.0 Å². The SMILES string of the molecule is CCC=CCC=CCC=CCC=CCCCCCCC(=O)O[C@H](COC=CCCCCCCC=CCCCCCCCC)COP(=O)(O)OCCN. The highest BCUT2D eigenvalue weighted by atomic mass is 31.2. The molecule has 8 nitrogen and oxygen atoms in total. The minimum atomic E-state index is -4.30. The van der Waals surface area contributed by atoms with E-state index in [-0.39, 0.29) is 38.8 Å². The molecule has 0 radical (unpaired) electrons. The molecular weight excluding hydrogens is 673 g/mol. The highest BCUT2D eigenvalue weighted by Crippen LogP contribution is 2.43. The Bertz CT molecular complexity index is 1020. The number of rotatable bonds is 38. The third-order valence-electron chi connectivity index (χ3n) is 8.17. The summed E-state index contributed by atoms with van der Waals surface area (Å²) in [5.74, 6) is -0.381. The monoisotopic (exact) mass is 750 g/mol. The third-order valence-corrected chi connectivity index (χ3v) is 9.16. The molecule has 2 atom stereocenters. The van der Waals surface area contributed by atoms with Crippen molar-refractivity contribution in [3.63, 3.8) is 0 Å². The number of phosphoric acid groups is 1. The number of carbonyl (C=O) groups is 1. The molecule has 0 saturated carbocycles. The first-order valence-corrected chi connectivity index (χ1v) is 22.0. The van der Waals surface area contributed by atoms with Crippen LogP contribution in [0.3, 0.4) is 0 Å². The smallest absolute Gasteiger partial charge is 0.472 e. The van der Waals surface area contributed by atoms with Crippen molar-refractivity contribution >= 4 is 13.8 Å². The molecule has 300 valence electrons. The maximum Gasteiger partial charge on any atom is 0.472 e. The van der Waals surface area contributed by atoms with Crippen molar-refractivity contribution in [2.24, 2.45) is 5.73 Å². The highest BCUT2D eigenvalue weighted by Gasteiger charge is 2.25. The summed E-state index contributed by atoms with van der Waals surface area (Å²) in [4.78, 5) is 22.4. The molecule has 0 saturated heterocycles. The largest absolute Gasteiger partial charge is 0.498 e. The van der Waals surface area contributed by atoms with Crippen molar-refractivity contribution < 1.29 is 32.8 Å². The molecule has 0 fully saturated rings. The van der Waals surface area contributed by atoms with Crippen molar-refractivity contribution in [1.82, 2.24) is 0 Å². The Balaban J connectivity index is 4.20. The van der Waals surface area contributed by atoms with Crippen molar-refractivity contribution in [3.8, 4) is 0 Å². The minimum Gasteiger partial charge on any atom is -0.498 e. The number of unbranched alkanes of at least 4 members (excludes halogenated alkanes) is 15. The van der Waals surface area contributed by atoms with Crippen LogP contribution >= 0.6 is 7.82 Å². The number of allylic oxidation sites excluding steroid dienone is 11. The van der Waals surface area contributed by atoms with Gasteiger partial charge in [-0.3, -0.25) is 13.8 Å². The topological polar surface area (TPSA) is 117 Å². The average Bonchev–Trinajstić information content (AvgIpc) is 3.13. The third kappa shape index (κ3) is 39.0. The van der Waals surface area contributed by atoms with Gasteiger partial charge in [0.25, 0.3) is 0 Å². The first kappa shape index (κ1) is 49.8. The zero-order chi connectivity index (χ0) is 38.1. The van der Waals surface area contributed by atoms with Crippen LogP contribution < -0.4 is 5.73 Å². The van der Waals surface area contributed by atoms with E-state index in [1.54, 1.807) is 6.26 Å². The molecule has 0 amide bonds. The van der Waals surface area contributed by atoms with E-state index in [2.05, 4.69) is 74.6 Å². The van der Waals surface area contributed by atoms with Gasteiger partial charge in [-0.15, -0.1) is 0 Å². The Morgan fingerprint density at radius 1 is 0.615 bits per heavy atom.